The van der Waals surface area contributed by atoms with Crippen molar-refractivity contribution in [3.8, 4) is 0 Å². The van der Waals surface area contributed by atoms with Gasteiger partial charge in [0.15, 0.2) is 6.10 Å². The van der Waals surface area contributed by atoms with Crippen molar-refractivity contribution >= 4 is 33.6 Å². The van der Waals surface area contributed by atoms with Gasteiger partial charge in [-0.15, -0.1) is 0 Å². The molecule has 0 bridgehead atoms. The molecule has 0 aliphatic carbocycles. The Kier molecular flexibility index (Phi) is 94.0. The summed E-state index contributed by atoms with van der Waals surface area (Å²) in [6.07, 6.45) is 128. The lowest BCUT2D eigenvalue weighted by Gasteiger charge is -2.21. The number of unbranched alkanes of at least 4 members (excludes halogenated alkanes) is 44. The van der Waals surface area contributed by atoms with Crippen LogP contribution in [0.2, 0.25) is 0 Å². The van der Waals surface area contributed by atoms with Gasteiger partial charge in [0.25, 0.3) is 0 Å². The summed E-state index contributed by atoms with van der Waals surface area (Å²) in [6, 6.07) is 0. The van der Waals surface area contributed by atoms with Crippen molar-refractivity contribution in [2.75, 3.05) is 39.6 Å². The highest BCUT2D eigenvalue weighted by Crippen LogP contribution is 2.45. The summed E-state index contributed by atoms with van der Waals surface area (Å²) in [6.45, 7) is 2.56. The zero-order valence-corrected chi connectivity index (χ0v) is 81.3. The van der Waals surface area contributed by atoms with Gasteiger partial charge < -0.3 is 34.2 Å². The normalized spacial score (nSPS) is 14.4. The molecule has 0 amide bonds. The van der Waals surface area contributed by atoms with E-state index in [1.165, 1.54) is 205 Å². The van der Waals surface area contributed by atoms with E-state index in [9.17, 15) is 43.5 Å². The topological polar surface area (TPSA) is 231 Å². The Balaban J connectivity index is 4.58. The quantitative estimate of drug-likeness (QED) is 0.0146. The van der Waals surface area contributed by atoms with Gasteiger partial charge in [-0.25, -0.2) is 9.13 Å². The standard InChI is InChI=1S/C107H184O16P2/c1-4-7-10-13-16-19-22-25-28-31-34-37-40-43-45-47-48-49-50-51-52-54-56-58-60-63-66-69-72-75-78-81-84-87-90-93-105(110)117-96-102(108)97-119-124(113,114)120-98-103(109)99-121-125(115,116)122-101-104(123-107(112)95-92-89-86-83-80-77-74-71-68-65-62-57-42-39-36-33-30-27-24-21-18-15-12-9-6-3)100-118-106(111)94-91-88-85-82-79-76-73-70-67-64-61-59-55-53-46-44-41-38-35-32-29-26-23-20-17-14-11-8-5-2/h9,12,16-21,25-30,34-39,43-46,57,62,68,71,102-104,108-109H,4-8,10-11,13-15,22-24,31-33,40-42,47-56,58-61,63-67,69-70,72-101H2,1-3H3,(H,113,114)(H,115,116)/b12-9-,19-16-,20-17-,21-18-,28-25-,29-26-,30-27-,37-34-,38-35-,39-36-,45-43-,46-44-,62-57-,71-68-. The third-order valence-corrected chi connectivity index (χ3v) is 23.3. The van der Waals surface area contributed by atoms with E-state index in [2.05, 4.69) is 191 Å². The predicted molar refractivity (Wildman–Crippen MR) is 528 cm³/mol. The van der Waals surface area contributed by atoms with Crippen molar-refractivity contribution in [3.05, 3.63) is 170 Å². The molecule has 5 unspecified atom stereocenters. The predicted octanol–water partition coefficient (Wildman–Crippen LogP) is 31.8. The fraction of sp³-hybridized carbons (Fsp3) is 0.710. The van der Waals surface area contributed by atoms with Gasteiger partial charge in [-0.3, -0.25) is 32.5 Å². The van der Waals surface area contributed by atoms with E-state index in [0.29, 0.717) is 19.3 Å². The van der Waals surface area contributed by atoms with Crippen LogP contribution >= 0.6 is 15.6 Å². The number of hydrogen-bond donors (Lipinski definition) is 4. The maximum Gasteiger partial charge on any atom is 0.472 e. The number of phosphoric acid groups is 2. The van der Waals surface area contributed by atoms with Gasteiger partial charge in [0.2, 0.25) is 0 Å². The van der Waals surface area contributed by atoms with Crippen molar-refractivity contribution in [2.24, 2.45) is 0 Å². The average Bonchev–Trinajstić information content (AvgIpc) is 0.900. The van der Waals surface area contributed by atoms with Gasteiger partial charge >= 0.3 is 33.6 Å². The monoisotopic (exact) mass is 1790 g/mol. The molecule has 0 fully saturated rings. The van der Waals surface area contributed by atoms with Gasteiger partial charge in [0.05, 0.1) is 26.4 Å². The molecular weight excluding hydrogens is 1600 g/mol. The molecule has 0 saturated carbocycles. The molecule has 125 heavy (non-hydrogen) atoms. The van der Waals surface area contributed by atoms with E-state index in [1.807, 2.05) is 0 Å². The molecular formula is C107H184O16P2. The Morgan fingerprint density at radius 3 is 0.672 bits per heavy atom. The van der Waals surface area contributed by atoms with Crippen molar-refractivity contribution in [1.82, 2.24) is 0 Å². The minimum Gasteiger partial charge on any atom is -0.463 e. The molecule has 0 radical (unpaired) electrons. The van der Waals surface area contributed by atoms with Gasteiger partial charge in [-0.1, -0.05) is 422 Å². The first-order valence-electron chi connectivity index (χ1n) is 50.4. The summed E-state index contributed by atoms with van der Waals surface area (Å²) in [5, 5.41) is 20.8. The number of ether oxygens (including phenoxy) is 3. The Labute approximate surface area is 764 Å². The third-order valence-electron chi connectivity index (χ3n) is 21.4. The highest BCUT2D eigenvalue weighted by atomic mass is 31.2. The molecule has 0 saturated heterocycles. The number of carbonyl (C=O) groups is 3. The van der Waals surface area contributed by atoms with Gasteiger partial charge in [-0.05, 0) is 161 Å². The van der Waals surface area contributed by atoms with Crippen LogP contribution in [0.4, 0.5) is 0 Å². The molecule has 0 aliphatic rings. The molecule has 0 spiro atoms. The highest BCUT2D eigenvalue weighted by Gasteiger charge is 2.30. The molecule has 0 aromatic heterocycles. The molecule has 0 rings (SSSR count). The second-order valence-electron chi connectivity index (χ2n) is 33.5. The van der Waals surface area contributed by atoms with Crippen LogP contribution in [0.5, 0.6) is 0 Å². The molecule has 0 aliphatic heterocycles. The molecule has 4 N–H and O–H groups in total. The second-order valence-corrected chi connectivity index (χ2v) is 36.5. The van der Waals surface area contributed by atoms with Crippen LogP contribution < -0.4 is 0 Å². The van der Waals surface area contributed by atoms with Crippen LogP contribution in [-0.4, -0.2) is 95.9 Å². The fourth-order valence-electron chi connectivity index (χ4n) is 13.8. The molecule has 0 heterocycles. The van der Waals surface area contributed by atoms with Crippen molar-refractivity contribution < 1.29 is 75.8 Å². The first kappa shape index (κ1) is 120. The number of hydrogen-bond acceptors (Lipinski definition) is 14. The minimum absolute atomic E-state index is 0.0828. The van der Waals surface area contributed by atoms with Crippen LogP contribution in [-0.2, 0) is 55.8 Å². The Hall–Kier alpha value is -5.09. The number of aliphatic hydroxyl groups excluding tert-OH is 2. The van der Waals surface area contributed by atoms with E-state index in [1.54, 1.807) is 0 Å². The number of esters is 3. The lowest BCUT2D eigenvalue weighted by atomic mass is 10.0. The number of phosphoric ester groups is 2. The lowest BCUT2D eigenvalue weighted by molar-refractivity contribution is -0.161. The maximum absolute atomic E-state index is 13.1. The van der Waals surface area contributed by atoms with Crippen LogP contribution in [0.1, 0.15) is 432 Å². The van der Waals surface area contributed by atoms with Crippen LogP contribution in [0, 0.1) is 0 Å². The molecule has 16 nitrogen and oxygen atoms in total. The first-order valence-corrected chi connectivity index (χ1v) is 53.4. The van der Waals surface area contributed by atoms with Crippen LogP contribution in [0.15, 0.2) is 170 Å². The SMILES string of the molecule is CC/C=C\C/C=C\C/C=C\C/C=C\C/C=C\C/C=C\CCCCCCCCC(=O)OC(COC(=O)CCCCCCCCCCCCCCC/C=C\C/C=C\C/C=C\C/C=C\CCCCC)COP(=O)(O)OCC(O)COP(=O)(O)OCC(O)COC(=O)CCCCCCCCCCCCCCCCCCCCC/C=C\C/C=C\C/C=C\C/C=C\CCCCC. The Morgan fingerprint density at radius 1 is 0.232 bits per heavy atom. The van der Waals surface area contributed by atoms with Crippen molar-refractivity contribution in [1.29, 1.82) is 0 Å². The van der Waals surface area contributed by atoms with Crippen molar-refractivity contribution in [3.63, 3.8) is 0 Å². The van der Waals surface area contributed by atoms with Gasteiger partial charge in [0, 0.05) is 19.3 Å². The van der Waals surface area contributed by atoms with E-state index < -0.39 is 91.5 Å². The van der Waals surface area contributed by atoms with Crippen LogP contribution in [0.25, 0.3) is 0 Å². The molecule has 0 aromatic carbocycles. The smallest absolute Gasteiger partial charge is 0.463 e. The fourth-order valence-corrected chi connectivity index (χ4v) is 15.4. The molecule has 5 atom stereocenters. The Morgan fingerprint density at radius 2 is 0.424 bits per heavy atom. The molecule has 0 aromatic rings. The number of rotatable bonds is 95. The summed E-state index contributed by atoms with van der Waals surface area (Å²) in [7, 11) is -9.82. The van der Waals surface area contributed by atoms with E-state index in [4.69, 9.17) is 32.3 Å². The van der Waals surface area contributed by atoms with E-state index in [0.717, 1.165) is 167 Å². The van der Waals surface area contributed by atoms with Gasteiger partial charge in [0.1, 0.15) is 25.4 Å². The highest BCUT2D eigenvalue weighted by molar-refractivity contribution is 7.47. The van der Waals surface area contributed by atoms with E-state index >= 15 is 0 Å². The number of allylic oxidation sites excluding steroid dienone is 28. The summed E-state index contributed by atoms with van der Waals surface area (Å²) in [5.74, 6) is -1.58. The lowest BCUT2D eigenvalue weighted by Crippen LogP contribution is -2.30. The number of aliphatic hydroxyl groups is 2. The average molecular weight is 1790 g/mol. The zero-order valence-electron chi connectivity index (χ0n) is 79.5. The summed E-state index contributed by atoms with van der Waals surface area (Å²) in [5.41, 5.74) is 0. The largest absolute Gasteiger partial charge is 0.472 e. The molecule has 18 heteroatoms. The third kappa shape index (κ3) is 99.3. The first-order chi connectivity index (χ1) is 61.2. The van der Waals surface area contributed by atoms with Crippen LogP contribution in [0.3, 0.4) is 0 Å². The molecule has 718 valence electrons. The number of carbonyl (C=O) groups excluding carboxylic acids is 3. The minimum atomic E-state index is -4.95. The van der Waals surface area contributed by atoms with E-state index in [-0.39, 0.29) is 19.3 Å². The summed E-state index contributed by atoms with van der Waals surface area (Å²) >= 11 is 0. The Bertz CT molecular complexity index is 2950. The maximum atomic E-state index is 13.1. The summed E-state index contributed by atoms with van der Waals surface area (Å²) < 4.78 is 61.6. The zero-order chi connectivity index (χ0) is 90.7. The van der Waals surface area contributed by atoms with Gasteiger partial charge in [-0.2, -0.15) is 0 Å². The summed E-state index contributed by atoms with van der Waals surface area (Å²) in [4.78, 5) is 59.2. The van der Waals surface area contributed by atoms with Crippen molar-refractivity contribution in [2.45, 2.75) is 450 Å². The second kappa shape index (κ2) is 98.0.